The number of carbonyl (C=O) groups excluding carboxylic acids is 1. The molecule has 0 radical (unpaired) electrons. The fraction of sp³-hybridized carbons (Fsp3) is 0.481. The highest BCUT2D eigenvalue weighted by molar-refractivity contribution is 7.49. The standard InChI is InChI=1S/C27H36N7O9P/c1-13(2)41-21-19(43-25(22(21)42-14(3)4)34-12-30-20-23(34)31-27(28)32-24(20)35)11-40-44(38,39)33-18(26(36)37)9-15-10-29-17-8-6-5-7-16(15)17/h5-8,10,12-14,18-19,21-22,25,29H,9,11H2,1-4H3,(H6,28,31,32,33,35,36,37,38,39)/p-1/t18?,19-,21+,22?,25-/m1/s1. The van der Waals surface area contributed by atoms with Crippen molar-refractivity contribution in [3.8, 4) is 0 Å². The smallest absolute Gasteiger partial charge is 0.313 e. The maximum Gasteiger partial charge on any atom is 0.313 e. The molecular formula is C27H35N7O9P-. The van der Waals surface area contributed by atoms with E-state index in [9.17, 15) is 24.2 Å². The molecule has 4 heterocycles. The Labute approximate surface area is 251 Å². The number of aromatic amines is 3. The summed E-state index contributed by atoms with van der Waals surface area (Å²) in [6, 6.07) is 5.62. The number of hydrogen-bond donors (Lipinski definition) is 5. The number of carbonyl (C=O) groups is 1. The summed E-state index contributed by atoms with van der Waals surface area (Å²) in [5.74, 6) is -1.73. The Morgan fingerprint density at radius 3 is 2.59 bits per heavy atom. The number of carboxylic acid groups (broad SMARTS) is 1. The summed E-state index contributed by atoms with van der Waals surface area (Å²) in [6.45, 7) is 6.70. The number of aliphatic carboxylic acids is 1. The van der Waals surface area contributed by atoms with Crippen molar-refractivity contribution in [1.29, 1.82) is 0 Å². The number of hydrogen-bond acceptors (Lipinski definition) is 11. The van der Waals surface area contributed by atoms with E-state index in [-0.39, 0.29) is 35.7 Å². The number of ether oxygens (including phenoxy) is 3. The molecule has 1 saturated heterocycles. The molecule has 0 amide bonds. The van der Waals surface area contributed by atoms with Crippen LogP contribution in [0, 0.1) is 0 Å². The molecule has 44 heavy (non-hydrogen) atoms. The minimum Gasteiger partial charge on any atom is -0.766 e. The maximum absolute atomic E-state index is 13.0. The molecule has 0 spiro atoms. The number of benzene rings is 1. The van der Waals surface area contributed by atoms with E-state index in [1.54, 1.807) is 32.2 Å². The van der Waals surface area contributed by atoms with Crippen LogP contribution in [0.15, 0.2) is 41.6 Å². The lowest BCUT2D eigenvalue weighted by atomic mass is 10.1. The van der Waals surface area contributed by atoms with Gasteiger partial charge in [0.15, 0.2) is 6.33 Å². The number of fused-ring (bicyclic) bond motifs is 2. The van der Waals surface area contributed by atoms with Crippen molar-refractivity contribution in [3.05, 3.63) is 52.7 Å². The molecule has 238 valence electrons. The van der Waals surface area contributed by atoms with E-state index in [0.717, 1.165) is 10.9 Å². The van der Waals surface area contributed by atoms with Crippen molar-refractivity contribution >= 4 is 41.7 Å². The monoisotopic (exact) mass is 632 g/mol. The summed E-state index contributed by atoms with van der Waals surface area (Å²) in [6.07, 6.45) is -1.27. The lowest BCUT2D eigenvalue weighted by Crippen LogP contribution is -2.49. The first-order valence-electron chi connectivity index (χ1n) is 14.1. The normalized spacial score (nSPS) is 22.7. The Bertz CT molecular complexity index is 1740. The summed E-state index contributed by atoms with van der Waals surface area (Å²) in [4.78, 5) is 49.9. The molecule has 0 bridgehead atoms. The van der Waals surface area contributed by atoms with Gasteiger partial charge in [0.2, 0.25) is 19.5 Å². The molecule has 4 aromatic rings. The number of nitrogens with two attached hydrogens (primary N) is 1. The molecule has 16 nitrogen and oxygen atoms in total. The number of nitrogen functional groups attached to an aromatic ring is 1. The van der Waals surface area contributed by atoms with Gasteiger partial charge in [-0.1, -0.05) is 23.2 Å². The molecule has 1 aliphatic rings. The second kappa shape index (κ2) is 12.8. The molecule has 6 atom stereocenters. The average Bonchev–Trinajstić information content (AvgIpc) is 3.63. The third-order valence-electron chi connectivity index (χ3n) is 7.04. The van der Waals surface area contributed by atoms with Crippen LogP contribution in [0.4, 0.5) is 5.95 Å². The highest BCUT2D eigenvalue weighted by Gasteiger charge is 2.51. The lowest BCUT2D eigenvalue weighted by molar-refractivity contribution is -0.745. The fourth-order valence-corrected chi connectivity index (χ4v) is 6.29. The molecule has 0 aliphatic carbocycles. The summed E-state index contributed by atoms with van der Waals surface area (Å²) >= 11 is 0. The van der Waals surface area contributed by atoms with Crippen LogP contribution in [-0.4, -0.2) is 69.1 Å². The highest BCUT2D eigenvalue weighted by Crippen LogP contribution is 2.38. The van der Waals surface area contributed by atoms with Crippen LogP contribution < -0.4 is 30.9 Å². The summed E-state index contributed by atoms with van der Waals surface area (Å²) < 4.78 is 38.4. The zero-order valence-corrected chi connectivity index (χ0v) is 25.4. The largest absolute Gasteiger partial charge is 0.766 e. The molecule has 1 aromatic carbocycles. The van der Waals surface area contributed by atoms with Gasteiger partial charge in [0.05, 0.1) is 30.8 Å². The van der Waals surface area contributed by atoms with Crippen LogP contribution >= 0.6 is 7.75 Å². The molecule has 5 rings (SSSR count). The van der Waals surface area contributed by atoms with Crippen LogP contribution in [0.2, 0.25) is 0 Å². The number of anilines is 1. The van der Waals surface area contributed by atoms with Gasteiger partial charge in [-0.25, -0.2) is 9.65 Å². The third-order valence-corrected chi connectivity index (χ3v) is 8.15. The van der Waals surface area contributed by atoms with Gasteiger partial charge in [-0.2, -0.15) is 0 Å². The second-order valence-corrected chi connectivity index (χ2v) is 12.6. The number of rotatable bonds is 13. The van der Waals surface area contributed by atoms with Gasteiger partial charge in [-0.15, -0.1) is 0 Å². The summed E-state index contributed by atoms with van der Waals surface area (Å²) in [5.41, 5.74) is 6.98. The topological polar surface area (TPSA) is 236 Å². The molecule has 3 unspecified atom stereocenters. The van der Waals surface area contributed by atoms with E-state index < -0.39 is 56.5 Å². The van der Waals surface area contributed by atoms with Crippen LogP contribution in [0.25, 0.3) is 22.1 Å². The van der Waals surface area contributed by atoms with Crippen LogP contribution in [0.5, 0.6) is 0 Å². The van der Waals surface area contributed by atoms with E-state index in [2.05, 4.69) is 25.0 Å². The number of para-hydroxylation sites is 1. The molecule has 1 fully saturated rings. The van der Waals surface area contributed by atoms with Gasteiger partial charge in [-0.05, 0) is 45.7 Å². The number of H-pyrrole nitrogens is 3. The van der Waals surface area contributed by atoms with Crippen molar-refractivity contribution in [3.63, 3.8) is 0 Å². The number of imidazole rings is 1. The van der Waals surface area contributed by atoms with Crippen molar-refractivity contribution in [1.82, 2.24) is 25.0 Å². The molecule has 0 saturated carbocycles. The van der Waals surface area contributed by atoms with Gasteiger partial charge in [0.1, 0.15) is 18.3 Å². The predicted molar refractivity (Wildman–Crippen MR) is 153 cm³/mol. The van der Waals surface area contributed by atoms with E-state index in [1.807, 2.05) is 26.0 Å². The van der Waals surface area contributed by atoms with Crippen LogP contribution in [0.1, 0.15) is 39.5 Å². The van der Waals surface area contributed by atoms with Gasteiger partial charge >= 0.3 is 5.65 Å². The van der Waals surface area contributed by atoms with E-state index in [0.29, 0.717) is 5.56 Å². The predicted octanol–water partition coefficient (Wildman–Crippen LogP) is -0.477. The third kappa shape index (κ3) is 6.86. The highest BCUT2D eigenvalue weighted by atomic mass is 31.2. The minimum absolute atomic E-state index is 0.112. The molecule has 1 aliphatic heterocycles. The Hall–Kier alpha value is -3.63. The van der Waals surface area contributed by atoms with Crippen molar-refractivity contribution in [2.45, 2.75) is 76.9 Å². The average molecular weight is 633 g/mol. The molecule has 17 heteroatoms. The van der Waals surface area contributed by atoms with Gasteiger partial charge < -0.3 is 44.2 Å². The fourth-order valence-electron chi connectivity index (χ4n) is 5.29. The maximum atomic E-state index is 13.0. The SMILES string of the molecule is CC(C)OC1[C@@H](OC(C)C)[C@@H](COP(=O)([O-])NC(Cc2c[nH]c3ccccc23)C(=O)[O-])O[C@H]1[n+]1c[nH]c2c(=O)[nH]c(N)nc21. The Kier molecular flexibility index (Phi) is 9.23. The van der Waals surface area contributed by atoms with Crippen molar-refractivity contribution in [2.75, 3.05) is 12.3 Å². The van der Waals surface area contributed by atoms with Crippen LogP contribution in [-0.2, 0) is 34.5 Å². The number of nitrogens with one attached hydrogen (secondary N) is 4. The van der Waals surface area contributed by atoms with Crippen molar-refractivity contribution < 1.29 is 42.7 Å². The molecular weight excluding hydrogens is 597 g/mol. The van der Waals surface area contributed by atoms with Gasteiger partial charge in [0, 0.05) is 17.1 Å². The quantitative estimate of drug-likeness (QED) is 0.0929. The zero-order chi connectivity index (χ0) is 31.8. The first kappa shape index (κ1) is 31.8. The molecule has 3 aromatic heterocycles. The number of carboxylic acids is 1. The second-order valence-electron chi connectivity index (χ2n) is 11.1. The van der Waals surface area contributed by atoms with Crippen LogP contribution in [0.3, 0.4) is 0 Å². The number of nitrogens with zero attached hydrogens (tertiary/aromatic N) is 2. The Balaban J connectivity index is 1.37. The lowest BCUT2D eigenvalue weighted by Gasteiger charge is -2.32. The van der Waals surface area contributed by atoms with Gasteiger partial charge in [0.25, 0.3) is 11.5 Å². The van der Waals surface area contributed by atoms with Crippen molar-refractivity contribution in [2.24, 2.45) is 0 Å². The zero-order valence-electron chi connectivity index (χ0n) is 24.5. The van der Waals surface area contributed by atoms with E-state index in [4.69, 9.17) is 24.5 Å². The minimum atomic E-state index is -4.97. The Morgan fingerprint density at radius 1 is 1.18 bits per heavy atom. The summed E-state index contributed by atoms with van der Waals surface area (Å²) in [5, 5.41) is 14.8. The number of aromatic nitrogens is 5. The first-order valence-corrected chi connectivity index (χ1v) is 15.6. The summed E-state index contributed by atoms with van der Waals surface area (Å²) in [7, 11) is -4.97. The molecule has 6 N–H and O–H groups in total. The Morgan fingerprint density at radius 2 is 1.89 bits per heavy atom. The van der Waals surface area contributed by atoms with E-state index in [1.165, 1.54) is 10.9 Å². The van der Waals surface area contributed by atoms with E-state index >= 15 is 0 Å². The van der Waals surface area contributed by atoms with Gasteiger partial charge in [-0.3, -0.25) is 19.3 Å². The first-order chi connectivity index (χ1) is 20.8.